The van der Waals surface area contributed by atoms with Crippen LogP contribution in [0.3, 0.4) is 0 Å². The summed E-state index contributed by atoms with van der Waals surface area (Å²) in [5, 5.41) is 3.26. The Morgan fingerprint density at radius 1 is 1.12 bits per heavy atom. The van der Waals surface area contributed by atoms with Crippen molar-refractivity contribution in [2.75, 3.05) is 43.5 Å². The van der Waals surface area contributed by atoms with Crippen LogP contribution in [0.1, 0.15) is 63.2 Å². The van der Waals surface area contributed by atoms with Crippen LogP contribution in [0.2, 0.25) is 0 Å². The average molecular weight is 594 g/mol. The molecular formula is C29H38F3N5O5. The highest BCUT2D eigenvalue weighted by atomic mass is 19.4. The molecule has 13 heteroatoms. The number of nitrogen functional groups attached to an aromatic ring is 1. The molecule has 2 aromatic rings. The number of carbonyl (C=O) groups is 2. The van der Waals surface area contributed by atoms with Gasteiger partial charge in [-0.15, -0.1) is 0 Å². The molecule has 0 bridgehead atoms. The molecule has 10 nitrogen and oxygen atoms in total. The summed E-state index contributed by atoms with van der Waals surface area (Å²) in [4.78, 5) is 33.8. The second kappa shape index (κ2) is 13.6. The number of piperidine rings is 1. The van der Waals surface area contributed by atoms with Gasteiger partial charge in [0.2, 0.25) is 17.9 Å². The Kier molecular flexibility index (Phi) is 10.1. The zero-order chi connectivity index (χ0) is 30.3. The fourth-order valence-electron chi connectivity index (χ4n) is 5.54. The van der Waals surface area contributed by atoms with Gasteiger partial charge in [0, 0.05) is 37.7 Å². The van der Waals surface area contributed by atoms with Crippen LogP contribution >= 0.6 is 0 Å². The zero-order valence-electron chi connectivity index (χ0n) is 23.9. The number of aryl methyl sites for hydroxylation is 1. The lowest BCUT2D eigenvalue weighted by atomic mass is 9.76. The average Bonchev–Trinajstić information content (AvgIpc) is 3.35. The summed E-state index contributed by atoms with van der Waals surface area (Å²) in [5.74, 6) is -0.623. The van der Waals surface area contributed by atoms with Crippen molar-refractivity contribution in [3.8, 4) is 5.88 Å². The molecule has 2 fully saturated rings. The summed E-state index contributed by atoms with van der Waals surface area (Å²) < 4.78 is 57.8. The first-order chi connectivity index (χ1) is 20.0. The minimum Gasteiger partial charge on any atom is -0.466 e. The van der Waals surface area contributed by atoms with Crippen LogP contribution in [-0.4, -0.2) is 67.0 Å². The smallest absolute Gasteiger partial charge is 0.429 e. The van der Waals surface area contributed by atoms with Gasteiger partial charge in [-0.2, -0.15) is 23.1 Å². The molecule has 4 rings (SSSR count). The first-order valence-electron chi connectivity index (χ1n) is 14.3. The first kappa shape index (κ1) is 31.3. The number of anilines is 2. The number of esters is 2. The lowest BCUT2D eigenvalue weighted by Crippen LogP contribution is -2.41. The van der Waals surface area contributed by atoms with E-state index < -0.39 is 12.3 Å². The van der Waals surface area contributed by atoms with Gasteiger partial charge in [-0.3, -0.25) is 9.59 Å². The Labute approximate surface area is 243 Å². The summed E-state index contributed by atoms with van der Waals surface area (Å²) in [6, 6.07) is 6.97. The van der Waals surface area contributed by atoms with E-state index in [0.29, 0.717) is 57.9 Å². The van der Waals surface area contributed by atoms with E-state index in [4.69, 9.17) is 19.9 Å². The van der Waals surface area contributed by atoms with Crippen LogP contribution in [-0.2, 0) is 25.5 Å². The molecule has 3 N–H and O–H groups in total. The number of nitrogens with one attached hydrogen (secondary N) is 1. The third-order valence-electron chi connectivity index (χ3n) is 7.76. The Hall–Kier alpha value is -3.61. The predicted molar refractivity (Wildman–Crippen MR) is 149 cm³/mol. The van der Waals surface area contributed by atoms with E-state index in [1.807, 2.05) is 4.90 Å². The van der Waals surface area contributed by atoms with Crippen LogP contribution in [0.25, 0.3) is 0 Å². The number of rotatable bonds is 11. The van der Waals surface area contributed by atoms with E-state index in [1.165, 1.54) is 18.2 Å². The summed E-state index contributed by atoms with van der Waals surface area (Å²) in [5.41, 5.74) is 6.54. The largest absolute Gasteiger partial charge is 0.466 e. The Morgan fingerprint density at radius 2 is 1.81 bits per heavy atom. The van der Waals surface area contributed by atoms with Crippen LogP contribution in [0, 0.1) is 5.41 Å². The molecule has 1 aromatic heterocycles. The topological polar surface area (TPSA) is 129 Å². The maximum absolute atomic E-state index is 14.1. The van der Waals surface area contributed by atoms with E-state index in [0.717, 1.165) is 18.4 Å². The number of hydrogen-bond donors (Lipinski definition) is 2. The van der Waals surface area contributed by atoms with Crippen molar-refractivity contribution < 1.29 is 37.0 Å². The van der Waals surface area contributed by atoms with Crippen molar-refractivity contribution in [3.63, 3.8) is 0 Å². The van der Waals surface area contributed by atoms with E-state index in [9.17, 15) is 22.8 Å². The SMILES string of the molecule is CCOC(=O)CCCc1ccc([C@@H](Oc2cc(N3CCC4(CC3)CN[C@H](C(=O)OCC)C4)nc(N)n2)C(F)(F)F)cc1. The molecule has 0 radical (unpaired) electrons. The molecule has 230 valence electrons. The molecule has 2 aliphatic heterocycles. The van der Waals surface area contributed by atoms with Crippen molar-refractivity contribution in [2.45, 2.75) is 70.7 Å². The predicted octanol–water partition coefficient (Wildman–Crippen LogP) is 4.14. The van der Waals surface area contributed by atoms with Gasteiger partial charge in [-0.1, -0.05) is 24.3 Å². The molecule has 2 saturated heterocycles. The highest BCUT2D eigenvalue weighted by Gasteiger charge is 2.45. The van der Waals surface area contributed by atoms with Crippen molar-refractivity contribution >= 4 is 23.7 Å². The van der Waals surface area contributed by atoms with Gasteiger partial charge in [0.1, 0.15) is 11.9 Å². The molecule has 1 aromatic carbocycles. The second-order valence-corrected chi connectivity index (χ2v) is 10.7. The number of carbonyl (C=O) groups excluding carboxylic acids is 2. The summed E-state index contributed by atoms with van der Waals surface area (Å²) in [6.45, 7) is 6.02. The van der Waals surface area contributed by atoms with E-state index in [2.05, 4.69) is 15.3 Å². The number of nitrogens with zero attached hydrogens (tertiary/aromatic N) is 3. The normalized spacial score (nSPS) is 19.0. The number of alkyl halides is 3. The molecule has 2 atom stereocenters. The van der Waals surface area contributed by atoms with Crippen LogP contribution < -0.4 is 20.7 Å². The van der Waals surface area contributed by atoms with Gasteiger partial charge in [0.15, 0.2) is 0 Å². The van der Waals surface area contributed by atoms with Crippen molar-refractivity contribution in [3.05, 3.63) is 41.5 Å². The first-order valence-corrected chi connectivity index (χ1v) is 14.3. The number of hydrogen-bond acceptors (Lipinski definition) is 10. The van der Waals surface area contributed by atoms with Crippen molar-refractivity contribution in [1.29, 1.82) is 0 Å². The molecule has 0 amide bonds. The quantitative estimate of drug-likeness (QED) is 0.367. The fraction of sp³-hybridized carbons (Fsp3) is 0.586. The Morgan fingerprint density at radius 3 is 2.45 bits per heavy atom. The highest BCUT2D eigenvalue weighted by molar-refractivity contribution is 5.76. The molecular weight excluding hydrogens is 555 g/mol. The van der Waals surface area contributed by atoms with E-state index >= 15 is 0 Å². The van der Waals surface area contributed by atoms with E-state index in [-0.39, 0.29) is 47.2 Å². The summed E-state index contributed by atoms with van der Waals surface area (Å²) in [6.07, 6.45) is -3.46. The molecule has 0 unspecified atom stereocenters. The lowest BCUT2D eigenvalue weighted by molar-refractivity contribution is -0.198. The molecule has 0 aliphatic carbocycles. The minimum atomic E-state index is -4.71. The molecule has 42 heavy (non-hydrogen) atoms. The van der Waals surface area contributed by atoms with E-state index in [1.54, 1.807) is 26.0 Å². The van der Waals surface area contributed by atoms with Gasteiger partial charge >= 0.3 is 18.1 Å². The Bertz CT molecular complexity index is 1220. The minimum absolute atomic E-state index is 0.0574. The molecule has 0 saturated carbocycles. The van der Waals surface area contributed by atoms with Gasteiger partial charge in [0.25, 0.3) is 0 Å². The van der Waals surface area contributed by atoms with Crippen LogP contribution in [0.4, 0.5) is 24.9 Å². The van der Waals surface area contributed by atoms with Crippen LogP contribution in [0.15, 0.2) is 30.3 Å². The number of benzene rings is 1. The maximum atomic E-state index is 14.1. The van der Waals surface area contributed by atoms with Gasteiger partial charge in [-0.05, 0) is 56.9 Å². The number of ether oxygens (including phenoxy) is 3. The third kappa shape index (κ3) is 8.02. The monoisotopic (exact) mass is 593 g/mol. The second-order valence-electron chi connectivity index (χ2n) is 10.7. The number of nitrogens with two attached hydrogens (primary N) is 1. The fourth-order valence-corrected chi connectivity index (χ4v) is 5.54. The zero-order valence-corrected chi connectivity index (χ0v) is 23.9. The molecule has 2 aliphatic rings. The van der Waals surface area contributed by atoms with Gasteiger partial charge < -0.3 is 30.2 Å². The lowest BCUT2D eigenvalue weighted by Gasteiger charge is -2.39. The maximum Gasteiger partial charge on any atom is 0.429 e. The highest BCUT2D eigenvalue weighted by Crippen LogP contribution is 2.41. The number of halogens is 3. The van der Waals surface area contributed by atoms with Gasteiger partial charge in [-0.25, -0.2) is 0 Å². The molecule has 3 heterocycles. The molecule has 1 spiro atoms. The standard InChI is InChI=1S/C29H38F3N5O5/c1-3-40-24(38)7-5-6-19-8-10-20(11-9-19)25(29(30,31)32)42-23-16-22(35-27(33)36-23)37-14-12-28(13-15-37)17-21(34-18-28)26(39)41-4-2/h8-11,16,21,25,34H,3-7,12-15,17-18H2,1-2H3,(H2,33,35,36)/t21-,25+/m0/s1. The van der Waals surface area contributed by atoms with Crippen molar-refractivity contribution in [2.24, 2.45) is 5.41 Å². The van der Waals surface area contributed by atoms with Gasteiger partial charge in [0.05, 0.1) is 13.2 Å². The summed E-state index contributed by atoms with van der Waals surface area (Å²) >= 11 is 0. The number of aromatic nitrogens is 2. The summed E-state index contributed by atoms with van der Waals surface area (Å²) in [7, 11) is 0. The van der Waals surface area contributed by atoms with Crippen molar-refractivity contribution in [1.82, 2.24) is 15.3 Å². The Balaban J connectivity index is 1.40. The third-order valence-corrected chi connectivity index (χ3v) is 7.76. The van der Waals surface area contributed by atoms with Crippen LogP contribution in [0.5, 0.6) is 5.88 Å².